The lowest BCUT2D eigenvalue weighted by molar-refractivity contribution is -0.121. The summed E-state index contributed by atoms with van der Waals surface area (Å²) in [5, 5.41) is 2.86. The molecule has 1 N–H and O–H groups in total. The van der Waals surface area contributed by atoms with Gasteiger partial charge in [-0.3, -0.25) is 19.3 Å². The van der Waals surface area contributed by atoms with E-state index in [-0.39, 0.29) is 30.7 Å². The molecule has 5 heteroatoms. The fraction of sp³-hybridized carbons (Fsp3) is 0.318. The van der Waals surface area contributed by atoms with Gasteiger partial charge in [-0.1, -0.05) is 42.0 Å². The number of carbonyl (C=O) groups is 3. The van der Waals surface area contributed by atoms with Crippen molar-refractivity contribution in [2.45, 2.75) is 32.6 Å². The molecule has 140 valence electrons. The van der Waals surface area contributed by atoms with Gasteiger partial charge < -0.3 is 5.32 Å². The van der Waals surface area contributed by atoms with Crippen molar-refractivity contribution in [2.24, 2.45) is 0 Å². The van der Waals surface area contributed by atoms with E-state index in [0.29, 0.717) is 17.7 Å². The van der Waals surface area contributed by atoms with Crippen LogP contribution in [0.1, 0.15) is 51.1 Å². The fourth-order valence-electron chi connectivity index (χ4n) is 3.18. The van der Waals surface area contributed by atoms with Crippen molar-refractivity contribution in [2.75, 3.05) is 13.1 Å². The van der Waals surface area contributed by atoms with E-state index in [2.05, 4.69) is 36.5 Å². The number of hydrogen-bond acceptors (Lipinski definition) is 3. The summed E-state index contributed by atoms with van der Waals surface area (Å²) in [4.78, 5) is 37.6. The Hall–Kier alpha value is -2.95. The second-order valence-electron chi connectivity index (χ2n) is 6.85. The van der Waals surface area contributed by atoms with Crippen molar-refractivity contribution in [1.29, 1.82) is 0 Å². The molecule has 0 bridgehead atoms. The van der Waals surface area contributed by atoms with E-state index in [1.807, 2.05) is 0 Å². The van der Waals surface area contributed by atoms with Crippen LogP contribution in [-0.2, 0) is 11.2 Å². The molecule has 2 aromatic carbocycles. The zero-order valence-electron chi connectivity index (χ0n) is 15.5. The van der Waals surface area contributed by atoms with Crippen molar-refractivity contribution < 1.29 is 14.4 Å². The second kappa shape index (κ2) is 8.62. The summed E-state index contributed by atoms with van der Waals surface area (Å²) in [6.45, 7) is 2.79. The smallest absolute Gasteiger partial charge is 0.261 e. The third kappa shape index (κ3) is 4.61. The Labute approximate surface area is 159 Å². The minimum Gasteiger partial charge on any atom is -0.356 e. The number of benzene rings is 2. The molecule has 5 nitrogen and oxygen atoms in total. The summed E-state index contributed by atoms with van der Waals surface area (Å²) >= 11 is 0. The lowest BCUT2D eigenvalue weighted by Gasteiger charge is -2.13. The lowest BCUT2D eigenvalue weighted by atomic mass is 10.1. The minimum atomic E-state index is -0.318. The first kappa shape index (κ1) is 18.8. The fourth-order valence-corrected chi connectivity index (χ4v) is 3.18. The van der Waals surface area contributed by atoms with E-state index in [4.69, 9.17) is 0 Å². The number of imide groups is 1. The molecule has 0 radical (unpaired) electrons. The van der Waals surface area contributed by atoms with Gasteiger partial charge in [0.25, 0.3) is 11.8 Å². The Kier molecular flexibility index (Phi) is 6.01. The molecule has 0 saturated heterocycles. The molecule has 1 aliphatic heterocycles. The molecule has 3 rings (SSSR count). The maximum atomic E-state index is 12.2. The standard InChI is InChI=1S/C22H24N2O3/c1-16-9-11-17(12-10-16)6-4-5-14-23-20(25)13-15-24-21(26)18-7-2-3-8-19(18)22(24)27/h2-3,7-12H,4-6,13-15H2,1H3,(H,23,25). The van der Waals surface area contributed by atoms with Gasteiger partial charge in [-0.05, 0) is 43.9 Å². The van der Waals surface area contributed by atoms with Gasteiger partial charge in [-0.15, -0.1) is 0 Å². The maximum absolute atomic E-state index is 12.2. The molecule has 1 heterocycles. The number of carbonyl (C=O) groups excluding carboxylic acids is 3. The maximum Gasteiger partial charge on any atom is 0.261 e. The van der Waals surface area contributed by atoms with E-state index in [0.717, 1.165) is 24.2 Å². The SMILES string of the molecule is Cc1ccc(CCCCNC(=O)CCN2C(=O)c3ccccc3C2=O)cc1. The molecule has 0 saturated carbocycles. The van der Waals surface area contributed by atoms with E-state index in [1.54, 1.807) is 24.3 Å². The van der Waals surface area contributed by atoms with Crippen LogP contribution in [0.5, 0.6) is 0 Å². The monoisotopic (exact) mass is 364 g/mol. The summed E-state index contributed by atoms with van der Waals surface area (Å²) < 4.78 is 0. The number of fused-ring (bicyclic) bond motifs is 1. The Bertz CT molecular complexity index is 808. The van der Waals surface area contributed by atoms with Gasteiger partial charge in [0, 0.05) is 19.5 Å². The Morgan fingerprint density at radius 2 is 1.56 bits per heavy atom. The van der Waals surface area contributed by atoms with Gasteiger partial charge >= 0.3 is 0 Å². The highest BCUT2D eigenvalue weighted by atomic mass is 16.2. The van der Waals surface area contributed by atoms with Gasteiger partial charge in [0.05, 0.1) is 11.1 Å². The highest BCUT2D eigenvalue weighted by Gasteiger charge is 2.34. The van der Waals surface area contributed by atoms with Crippen molar-refractivity contribution in [3.8, 4) is 0 Å². The van der Waals surface area contributed by atoms with Gasteiger partial charge in [0.1, 0.15) is 0 Å². The molecule has 0 unspecified atom stereocenters. The van der Waals surface area contributed by atoms with Crippen LogP contribution in [0, 0.1) is 6.92 Å². The van der Waals surface area contributed by atoms with Crippen LogP contribution in [0.3, 0.4) is 0 Å². The zero-order valence-corrected chi connectivity index (χ0v) is 15.5. The third-order valence-corrected chi connectivity index (χ3v) is 4.78. The predicted octanol–water partition coefficient (Wildman–Crippen LogP) is 3.12. The molecule has 0 aromatic heterocycles. The van der Waals surface area contributed by atoms with Crippen LogP contribution in [0.4, 0.5) is 0 Å². The summed E-state index contributed by atoms with van der Waals surface area (Å²) in [6.07, 6.45) is 3.02. The lowest BCUT2D eigenvalue weighted by Crippen LogP contribution is -2.34. The van der Waals surface area contributed by atoms with E-state index in [1.165, 1.54) is 11.1 Å². The summed E-state index contributed by atoms with van der Waals surface area (Å²) in [5.74, 6) is -0.773. The highest BCUT2D eigenvalue weighted by Crippen LogP contribution is 2.22. The molecule has 0 fully saturated rings. The number of nitrogens with zero attached hydrogens (tertiary/aromatic N) is 1. The Morgan fingerprint density at radius 1 is 0.926 bits per heavy atom. The summed E-state index contributed by atoms with van der Waals surface area (Å²) in [5.41, 5.74) is 3.39. The van der Waals surface area contributed by atoms with E-state index in [9.17, 15) is 14.4 Å². The van der Waals surface area contributed by atoms with Crippen LogP contribution in [0.15, 0.2) is 48.5 Å². The number of hydrogen-bond donors (Lipinski definition) is 1. The van der Waals surface area contributed by atoms with E-state index < -0.39 is 0 Å². The molecule has 2 aromatic rings. The quantitative estimate of drug-likeness (QED) is 0.578. The zero-order chi connectivity index (χ0) is 19.2. The molecule has 27 heavy (non-hydrogen) atoms. The molecule has 0 spiro atoms. The van der Waals surface area contributed by atoms with Gasteiger partial charge in [0.2, 0.25) is 5.91 Å². The minimum absolute atomic E-state index is 0.113. The average Bonchev–Trinajstić information content (AvgIpc) is 2.92. The molecule has 3 amide bonds. The summed E-state index contributed by atoms with van der Waals surface area (Å²) in [6, 6.07) is 15.2. The first-order chi connectivity index (χ1) is 13.1. The third-order valence-electron chi connectivity index (χ3n) is 4.78. The normalized spacial score (nSPS) is 13.0. The van der Waals surface area contributed by atoms with Crippen LogP contribution < -0.4 is 5.32 Å². The topological polar surface area (TPSA) is 66.5 Å². The van der Waals surface area contributed by atoms with Gasteiger partial charge in [-0.2, -0.15) is 0 Å². The van der Waals surface area contributed by atoms with Crippen molar-refractivity contribution in [1.82, 2.24) is 10.2 Å². The van der Waals surface area contributed by atoms with Crippen LogP contribution in [0.25, 0.3) is 0 Å². The number of amides is 3. The van der Waals surface area contributed by atoms with Crippen molar-refractivity contribution in [3.05, 3.63) is 70.8 Å². The Balaban J connectivity index is 1.35. The van der Waals surface area contributed by atoms with Crippen LogP contribution in [0.2, 0.25) is 0 Å². The molecule has 0 atom stereocenters. The van der Waals surface area contributed by atoms with Gasteiger partial charge in [-0.25, -0.2) is 0 Å². The highest BCUT2D eigenvalue weighted by molar-refractivity contribution is 6.21. The first-order valence-corrected chi connectivity index (χ1v) is 9.34. The van der Waals surface area contributed by atoms with Crippen LogP contribution >= 0.6 is 0 Å². The predicted molar refractivity (Wildman–Crippen MR) is 104 cm³/mol. The summed E-state index contributed by atoms with van der Waals surface area (Å²) in [7, 11) is 0. The number of rotatable bonds is 8. The van der Waals surface area contributed by atoms with Crippen molar-refractivity contribution in [3.63, 3.8) is 0 Å². The number of aryl methyl sites for hydroxylation is 2. The molecular formula is C22H24N2O3. The number of nitrogens with one attached hydrogen (secondary N) is 1. The second-order valence-corrected chi connectivity index (χ2v) is 6.85. The molecule has 0 aliphatic carbocycles. The largest absolute Gasteiger partial charge is 0.356 e. The average molecular weight is 364 g/mol. The first-order valence-electron chi connectivity index (χ1n) is 9.34. The molecule has 1 aliphatic rings. The Morgan fingerprint density at radius 3 is 2.19 bits per heavy atom. The van der Waals surface area contributed by atoms with Crippen LogP contribution in [-0.4, -0.2) is 35.7 Å². The van der Waals surface area contributed by atoms with E-state index >= 15 is 0 Å². The number of unbranched alkanes of at least 4 members (excludes halogenated alkanes) is 1. The van der Waals surface area contributed by atoms with Crippen molar-refractivity contribution >= 4 is 17.7 Å². The molecular weight excluding hydrogens is 340 g/mol. The van der Waals surface area contributed by atoms with Gasteiger partial charge in [0.15, 0.2) is 0 Å².